The molecular formula is C27H41N3O5. The van der Waals surface area contributed by atoms with Crippen LogP contribution in [0.3, 0.4) is 0 Å². The first-order valence-corrected chi connectivity index (χ1v) is 12.9. The largest absolute Gasteiger partial charge is 0.463 e. The molecule has 0 amide bonds. The van der Waals surface area contributed by atoms with Crippen molar-refractivity contribution in [1.29, 1.82) is 0 Å². The molecule has 3 rings (SSSR count). The van der Waals surface area contributed by atoms with Gasteiger partial charge in [-0.15, -0.1) is 0 Å². The van der Waals surface area contributed by atoms with Gasteiger partial charge in [-0.2, -0.15) is 0 Å². The first kappa shape index (κ1) is 27.2. The highest BCUT2D eigenvalue weighted by atomic mass is 16.5. The summed E-state index contributed by atoms with van der Waals surface area (Å²) < 4.78 is 16.5. The van der Waals surface area contributed by atoms with Crippen molar-refractivity contribution in [1.82, 2.24) is 10.1 Å². The van der Waals surface area contributed by atoms with Gasteiger partial charge in [0.1, 0.15) is 18.4 Å². The van der Waals surface area contributed by atoms with E-state index in [-0.39, 0.29) is 12.6 Å². The third-order valence-electron chi connectivity index (χ3n) is 6.44. The highest BCUT2D eigenvalue weighted by Crippen LogP contribution is 2.35. The Morgan fingerprint density at radius 3 is 2.83 bits per heavy atom. The number of ether oxygens (including phenoxy) is 2. The molecule has 8 heteroatoms. The van der Waals surface area contributed by atoms with Crippen LogP contribution in [0.25, 0.3) is 11.3 Å². The molecule has 1 aromatic carbocycles. The molecule has 2 atom stereocenters. The lowest BCUT2D eigenvalue weighted by Gasteiger charge is -2.34. The average molecular weight is 488 g/mol. The summed E-state index contributed by atoms with van der Waals surface area (Å²) in [6, 6.07) is 10.5. The van der Waals surface area contributed by atoms with Crippen molar-refractivity contribution in [3.05, 3.63) is 35.9 Å². The number of methoxy groups -OCH3 is 1. The van der Waals surface area contributed by atoms with Crippen molar-refractivity contribution in [2.45, 2.75) is 71.1 Å². The Labute approximate surface area is 209 Å². The second kappa shape index (κ2) is 14.2. The van der Waals surface area contributed by atoms with Crippen molar-refractivity contribution in [3.63, 3.8) is 0 Å². The van der Waals surface area contributed by atoms with Crippen LogP contribution in [0.2, 0.25) is 0 Å². The van der Waals surface area contributed by atoms with E-state index >= 15 is 0 Å². The molecule has 1 N–H and O–H groups in total. The number of esters is 1. The van der Waals surface area contributed by atoms with E-state index in [2.05, 4.69) is 21.9 Å². The Morgan fingerprint density at radius 2 is 2.11 bits per heavy atom. The Hall–Kier alpha value is -2.42. The summed E-state index contributed by atoms with van der Waals surface area (Å²) >= 11 is 0. The zero-order valence-electron chi connectivity index (χ0n) is 21.4. The van der Waals surface area contributed by atoms with E-state index in [1.54, 1.807) is 7.11 Å². The van der Waals surface area contributed by atoms with E-state index in [4.69, 9.17) is 14.0 Å². The molecule has 0 spiro atoms. The van der Waals surface area contributed by atoms with E-state index in [9.17, 15) is 9.90 Å². The van der Waals surface area contributed by atoms with Crippen LogP contribution in [-0.4, -0.2) is 73.2 Å². The molecule has 8 nitrogen and oxygen atoms in total. The maximum Gasteiger partial charge on any atom is 0.305 e. The number of anilines is 1. The summed E-state index contributed by atoms with van der Waals surface area (Å²) in [6.07, 6.45) is 4.61. The number of aliphatic hydroxyl groups excluding tert-OH is 1. The first-order valence-electron chi connectivity index (χ1n) is 12.9. The van der Waals surface area contributed by atoms with Gasteiger partial charge >= 0.3 is 5.97 Å². The second-order valence-corrected chi connectivity index (χ2v) is 9.39. The van der Waals surface area contributed by atoms with Crippen molar-refractivity contribution < 1.29 is 23.9 Å². The first-order chi connectivity index (χ1) is 17.0. The van der Waals surface area contributed by atoms with E-state index in [0.717, 1.165) is 61.5 Å². The van der Waals surface area contributed by atoms with Crippen LogP contribution in [0, 0.1) is 0 Å². The van der Waals surface area contributed by atoms with Gasteiger partial charge in [-0.05, 0) is 39.0 Å². The van der Waals surface area contributed by atoms with Gasteiger partial charge in [-0.3, -0.25) is 9.69 Å². The average Bonchev–Trinajstić information content (AvgIpc) is 3.27. The topological polar surface area (TPSA) is 88.3 Å². The molecule has 0 aliphatic carbocycles. The van der Waals surface area contributed by atoms with E-state index < -0.39 is 6.10 Å². The zero-order valence-corrected chi connectivity index (χ0v) is 21.4. The molecule has 1 saturated heterocycles. The molecule has 1 fully saturated rings. The Bertz CT molecular complexity index is 888. The summed E-state index contributed by atoms with van der Waals surface area (Å²) in [5.41, 5.74) is 2.87. The fraction of sp³-hybridized carbons (Fsp3) is 0.630. The predicted molar refractivity (Wildman–Crippen MR) is 136 cm³/mol. The highest BCUT2D eigenvalue weighted by molar-refractivity contribution is 5.69. The van der Waals surface area contributed by atoms with E-state index in [0.29, 0.717) is 32.2 Å². The Balaban J connectivity index is 1.83. The summed E-state index contributed by atoms with van der Waals surface area (Å²) in [4.78, 5) is 16.3. The van der Waals surface area contributed by atoms with Crippen LogP contribution in [0.5, 0.6) is 0 Å². The minimum atomic E-state index is -0.782. The van der Waals surface area contributed by atoms with Gasteiger partial charge in [0, 0.05) is 57.9 Å². The maximum atomic E-state index is 11.8. The van der Waals surface area contributed by atoms with Gasteiger partial charge < -0.3 is 24.0 Å². The van der Waals surface area contributed by atoms with Crippen LogP contribution in [0.1, 0.15) is 57.9 Å². The van der Waals surface area contributed by atoms with Gasteiger partial charge in [0.15, 0.2) is 0 Å². The lowest BCUT2D eigenvalue weighted by molar-refractivity contribution is -0.147. The lowest BCUT2D eigenvalue weighted by atomic mass is 10.0. The van der Waals surface area contributed by atoms with Crippen LogP contribution in [0.15, 0.2) is 34.9 Å². The molecular weight excluding hydrogens is 446 g/mol. The number of aromatic nitrogens is 1. The lowest BCUT2D eigenvalue weighted by Crippen LogP contribution is -2.39. The number of carbonyl (C=O) groups is 1. The summed E-state index contributed by atoms with van der Waals surface area (Å²) in [7, 11) is 1.69. The standard InChI is InChI=1S/C27H41N3O5/c1-4-11-25(32)34-20-23(31)18-29(15-10-17-33-3)19-24-26(22-13-6-5-7-14-22)28-35-27(24)30-16-9-8-12-21(30)2/h5-7,13-14,21,23,31H,4,8-12,15-20H2,1-3H3/t21-,23-/m1/s1. The van der Waals surface area contributed by atoms with Gasteiger partial charge in [-0.25, -0.2) is 0 Å². The summed E-state index contributed by atoms with van der Waals surface area (Å²) in [5.74, 6) is 0.543. The quantitative estimate of drug-likeness (QED) is 0.312. The number of hydrogen-bond acceptors (Lipinski definition) is 8. The molecule has 1 aromatic heterocycles. The number of aliphatic hydroxyl groups is 1. The molecule has 0 radical (unpaired) electrons. The van der Waals surface area contributed by atoms with Gasteiger partial charge in [0.2, 0.25) is 5.88 Å². The fourth-order valence-corrected chi connectivity index (χ4v) is 4.60. The smallest absolute Gasteiger partial charge is 0.305 e. The fourth-order valence-electron chi connectivity index (χ4n) is 4.60. The monoisotopic (exact) mass is 487 g/mol. The van der Waals surface area contributed by atoms with Crippen LogP contribution >= 0.6 is 0 Å². The SMILES string of the molecule is CCCC(=O)OC[C@H](O)CN(CCCOC)Cc1c(-c2ccccc2)noc1N1CCCC[C@H]1C. The third-order valence-corrected chi connectivity index (χ3v) is 6.44. The highest BCUT2D eigenvalue weighted by Gasteiger charge is 2.29. The van der Waals surface area contributed by atoms with Gasteiger partial charge in [0.05, 0.1) is 5.56 Å². The number of nitrogens with zero attached hydrogens (tertiary/aromatic N) is 3. The number of hydrogen-bond donors (Lipinski definition) is 1. The third kappa shape index (κ3) is 8.05. The minimum absolute atomic E-state index is 0.00912. The molecule has 2 aromatic rings. The predicted octanol–water partition coefficient (Wildman–Crippen LogP) is 4.26. The second-order valence-electron chi connectivity index (χ2n) is 9.39. The van der Waals surface area contributed by atoms with Crippen molar-refractivity contribution >= 4 is 11.9 Å². The van der Waals surface area contributed by atoms with E-state index in [1.807, 2.05) is 37.3 Å². The number of rotatable bonds is 14. The van der Waals surface area contributed by atoms with Gasteiger partial charge in [-0.1, -0.05) is 42.4 Å². The summed E-state index contributed by atoms with van der Waals surface area (Å²) in [6.45, 7) is 7.39. The van der Waals surface area contributed by atoms with Crippen molar-refractivity contribution in [2.24, 2.45) is 0 Å². The van der Waals surface area contributed by atoms with Crippen molar-refractivity contribution in [3.8, 4) is 11.3 Å². The van der Waals surface area contributed by atoms with Crippen LogP contribution < -0.4 is 4.90 Å². The maximum absolute atomic E-state index is 11.8. The van der Waals surface area contributed by atoms with Crippen LogP contribution in [0.4, 0.5) is 5.88 Å². The van der Waals surface area contributed by atoms with E-state index in [1.165, 1.54) is 6.42 Å². The number of carbonyl (C=O) groups excluding carboxylic acids is 1. The van der Waals surface area contributed by atoms with Crippen molar-refractivity contribution in [2.75, 3.05) is 44.9 Å². The molecule has 1 aliphatic heterocycles. The molecule has 1 aliphatic rings. The molecule has 35 heavy (non-hydrogen) atoms. The van der Waals surface area contributed by atoms with Crippen LogP contribution in [-0.2, 0) is 20.8 Å². The van der Waals surface area contributed by atoms with Gasteiger partial charge in [0.25, 0.3) is 0 Å². The number of benzene rings is 1. The zero-order chi connectivity index (χ0) is 25.0. The Kier molecular flexibility index (Phi) is 11.0. The normalized spacial score (nSPS) is 17.1. The molecule has 0 bridgehead atoms. The summed E-state index contributed by atoms with van der Waals surface area (Å²) in [5, 5.41) is 15.2. The molecule has 0 saturated carbocycles. The molecule has 2 heterocycles. The minimum Gasteiger partial charge on any atom is -0.463 e. The Morgan fingerprint density at radius 1 is 1.31 bits per heavy atom. The molecule has 0 unspecified atom stereocenters. The number of piperidine rings is 1. The molecule has 194 valence electrons.